The average molecular weight is 229 g/mol. The van der Waals surface area contributed by atoms with E-state index in [4.69, 9.17) is 0 Å². The van der Waals surface area contributed by atoms with Gasteiger partial charge in [0, 0.05) is 13.1 Å². The molecule has 1 amide bonds. The lowest BCUT2D eigenvalue weighted by Crippen LogP contribution is -2.07. The van der Waals surface area contributed by atoms with Gasteiger partial charge in [0.2, 0.25) is 5.91 Å². The molecular weight excluding hydrogens is 220 g/mol. The fourth-order valence-corrected chi connectivity index (χ4v) is 1.35. The maximum atomic E-state index is 10.7. The predicted molar refractivity (Wildman–Crippen MR) is 51.0 cm³/mol. The molecule has 0 aliphatic heterocycles. The van der Waals surface area contributed by atoms with Crippen molar-refractivity contribution in [3.63, 3.8) is 0 Å². The van der Waals surface area contributed by atoms with Crippen LogP contribution in [-0.2, 0) is 4.79 Å². The van der Waals surface area contributed by atoms with Crippen molar-refractivity contribution in [2.75, 3.05) is 5.32 Å². The summed E-state index contributed by atoms with van der Waals surface area (Å²) < 4.78 is 0.803. The summed E-state index contributed by atoms with van der Waals surface area (Å²) in [7, 11) is 0. The number of hydrogen-bond acceptors (Lipinski definition) is 2. The Labute approximate surface area is 79.3 Å². The van der Waals surface area contributed by atoms with Crippen LogP contribution in [0.5, 0.6) is 0 Å². The lowest BCUT2D eigenvalue weighted by Gasteiger charge is -2.03. The normalized spacial score (nSPS) is 9.58. The Hall–Kier alpha value is -0.900. The van der Waals surface area contributed by atoms with Crippen LogP contribution >= 0.6 is 15.9 Å². The van der Waals surface area contributed by atoms with Crippen LogP contribution in [0.4, 0.5) is 5.82 Å². The molecule has 0 radical (unpaired) electrons. The van der Waals surface area contributed by atoms with E-state index in [0.717, 1.165) is 10.0 Å². The van der Waals surface area contributed by atoms with Crippen molar-refractivity contribution in [3.8, 4) is 0 Å². The predicted octanol–water partition coefficient (Wildman–Crippen LogP) is 2.11. The van der Waals surface area contributed by atoms with Gasteiger partial charge in [-0.3, -0.25) is 4.79 Å². The number of halogens is 1. The van der Waals surface area contributed by atoms with Gasteiger partial charge in [-0.2, -0.15) is 0 Å². The Balaban J connectivity index is 2.93. The van der Waals surface area contributed by atoms with Gasteiger partial charge in [0.1, 0.15) is 5.82 Å². The number of carbonyl (C=O) groups excluding carboxylic acids is 1. The highest BCUT2D eigenvalue weighted by atomic mass is 79.9. The quantitative estimate of drug-likeness (QED) is 0.801. The Bertz CT molecular complexity index is 312. The SMILES string of the molecule is CC(=O)Nc1ncc(C)cc1Br. The molecule has 0 aliphatic carbocycles. The number of nitrogens with zero attached hydrogens (tertiary/aromatic N) is 1. The minimum atomic E-state index is -0.118. The molecule has 64 valence electrons. The first kappa shape index (κ1) is 9.19. The molecule has 1 rings (SSSR count). The van der Waals surface area contributed by atoms with Crippen LogP contribution in [0.1, 0.15) is 12.5 Å². The number of nitrogens with one attached hydrogen (secondary N) is 1. The fourth-order valence-electron chi connectivity index (χ4n) is 0.792. The second kappa shape index (κ2) is 3.67. The average Bonchev–Trinajstić information content (AvgIpc) is 1.94. The molecule has 0 fully saturated rings. The second-order valence-electron chi connectivity index (χ2n) is 2.52. The molecule has 0 bridgehead atoms. The van der Waals surface area contributed by atoms with Crippen LogP contribution in [0, 0.1) is 6.92 Å². The summed E-state index contributed by atoms with van der Waals surface area (Å²) in [6, 6.07) is 1.90. The van der Waals surface area contributed by atoms with Crippen molar-refractivity contribution in [2.45, 2.75) is 13.8 Å². The molecule has 1 aromatic rings. The molecular formula is C8H9BrN2O. The third-order valence-corrected chi connectivity index (χ3v) is 1.88. The Morgan fingerprint density at radius 2 is 2.33 bits per heavy atom. The molecule has 0 atom stereocenters. The molecule has 0 saturated heterocycles. The van der Waals surface area contributed by atoms with E-state index in [1.54, 1.807) is 6.20 Å². The Morgan fingerprint density at radius 3 is 2.83 bits per heavy atom. The van der Waals surface area contributed by atoms with Gasteiger partial charge in [0.15, 0.2) is 0 Å². The molecule has 1 aromatic heterocycles. The van der Waals surface area contributed by atoms with Crippen LogP contribution < -0.4 is 5.32 Å². The zero-order valence-corrected chi connectivity index (χ0v) is 8.47. The maximum absolute atomic E-state index is 10.7. The third kappa shape index (κ3) is 2.30. The number of amides is 1. The van der Waals surface area contributed by atoms with E-state index < -0.39 is 0 Å². The van der Waals surface area contributed by atoms with Crippen molar-refractivity contribution in [1.82, 2.24) is 4.98 Å². The first-order valence-corrected chi connectivity index (χ1v) is 4.28. The number of hydrogen-bond donors (Lipinski definition) is 1. The highest BCUT2D eigenvalue weighted by molar-refractivity contribution is 9.10. The fraction of sp³-hybridized carbons (Fsp3) is 0.250. The van der Waals surface area contributed by atoms with Crippen LogP contribution in [0.3, 0.4) is 0 Å². The standard InChI is InChI=1S/C8H9BrN2O/c1-5-3-7(9)8(10-4-5)11-6(2)12/h3-4H,1-2H3,(H,10,11,12). The monoisotopic (exact) mass is 228 g/mol. The molecule has 4 heteroatoms. The lowest BCUT2D eigenvalue weighted by molar-refractivity contribution is -0.114. The zero-order chi connectivity index (χ0) is 9.14. The van der Waals surface area contributed by atoms with Gasteiger partial charge >= 0.3 is 0 Å². The smallest absolute Gasteiger partial charge is 0.222 e. The largest absolute Gasteiger partial charge is 0.310 e. The van der Waals surface area contributed by atoms with E-state index >= 15 is 0 Å². The van der Waals surface area contributed by atoms with E-state index in [0.29, 0.717) is 5.82 Å². The Morgan fingerprint density at radius 1 is 1.67 bits per heavy atom. The van der Waals surface area contributed by atoms with Crippen molar-refractivity contribution in [2.24, 2.45) is 0 Å². The van der Waals surface area contributed by atoms with Gasteiger partial charge in [0.25, 0.3) is 0 Å². The van der Waals surface area contributed by atoms with Gasteiger partial charge < -0.3 is 5.32 Å². The van der Waals surface area contributed by atoms with Gasteiger partial charge in [-0.1, -0.05) is 0 Å². The van der Waals surface area contributed by atoms with Crippen molar-refractivity contribution < 1.29 is 4.79 Å². The number of aryl methyl sites for hydroxylation is 1. The van der Waals surface area contributed by atoms with E-state index in [9.17, 15) is 4.79 Å². The summed E-state index contributed by atoms with van der Waals surface area (Å²) in [6.45, 7) is 3.39. The number of aromatic nitrogens is 1. The number of carbonyl (C=O) groups is 1. The highest BCUT2D eigenvalue weighted by Crippen LogP contribution is 2.19. The molecule has 0 spiro atoms. The molecule has 0 unspecified atom stereocenters. The van der Waals surface area contributed by atoms with E-state index in [1.165, 1.54) is 6.92 Å². The van der Waals surface area contributed by atoms with Crippen molar-refractivity contribution >= 4 is 27.7 Å². The lowest BCUT2D eigenvalue weighted by atomic mass is 10.3. The summed E-state index contributed by atoms with van der Waals surface area (Å²) in [5.74, 6) is 0.445. The van der Waals surface area contributed by atoms with Gasteiger partial charge in [-0.05, 0) is 34.5 Å². The molecule has 1 N–H and O–H groups in total. The molecule has 12 heavy (non-hydrogen) atoms. The maximum Gasteiger partial charge on any atom is 0.222 e. The van der Waals surface area contributed by atoms with Crippen molar-refractivity contribution in [3.05, 3.63) is 22.3 Å². The molecule has 1 heterocycles. The van der Waals surface area contributed by atoms with Gasteiger partial charge in [-0.25, -0.2) is 4.98 Å². The minimum absolute atomic E-state index is 0.118. The van der Waals surface area contributed by atoms with E-state index in [2.05, 4.69) is 26.2 Å². The molecule has 0 saturated carbocycles. The van der Waals surface area contributed by atoms with Crippen LogP contribution in [-0.4, -0.2) is 10.9 Å². The van der Waals surface area contributed by atoms with E-state index in [1.807, 2.05) is 13.0 Å². The van der Waals surface area contributed by atoms with Crippen LogP contribution in [0.2, 0.25) is 0 Å². The van der Waals surface area contributed by atoms with Gasteiger partial charge in [0.05, 0.1) is 4.47 Å². The second-order valence-corrected chi connectivity index (χ2v) is 3.38. The van der Waals surface area contributed by atoms with Crippen molar-refractivity contribution in [1.29, 1.82) is 0 Å². The summed E-state index contributed by atoms with van der Waals surface area (Å²) in [6.07, 6.45) is 1.70. The number of anilines is 1. The summed E-state index contributed by atoms with van der Waals surface area (Å²) in [5, 5.41) is 2.60. The number of rotatable bonds is 1. The highest BCUT2D eigenvalue weighted by Gasteiger charge is 2.01. The number of pyridine rings is 1. The summed E-state index contributed by atoms with van der Waals surface area (Å²) >= 11 is 3.30. The molecule has 3 nitrogen and oxygen atoms in total. The first-order chi connectivity index (χ1) is 5.59. The molecule has 0 aliphatic rings. The third-order valence-electron chi connectivity index (χ3n) is 1.27. The van der Waals surface area contributed by atoms with E-state index in [-0.39, 0.29) is 5.91 Å². The first-order valence-electron chi connectivity index (χ1n) is 3.49. The minimum Gasteiger partial charge on any atom is -0.310 e. The summed E-state index contributed by atoms with van der Waals surface area (Å²) in [4.78, 5) is 14.7. The van der Waals surface area contributed by atoms with Gasteiger partial charge in [-0.15, -0.1) is 0 Å². The Kier molecular flexibility index (Phi) is 2.81. The zero-order valence-electron chi connectivity index (χ0n) is 6.89. The summed E-state index contributed by atoms with van der Waals surface area (Å²) in [5.41, 5.74) is 1.05. The molecule has 0 aromatic carbocycles. The van der Waals surface area contributed by atoms with Crippen LogP contribution in [0.25, 0.3) is 0 Å². The van der Waals surface area contributed by atoms with Crippen LogP contribution in [0.15, 0.2) is 16.7 Å². The topological polar surface area (TPSA) is 42.0 Å².